The zero-order valence-electron chi connectivity index (χ0n) is 14.8. The van der Waals surface area contributed by atoms with Crippen LogP contribution < -0.4 is 10.6 Å². The van der Waals surface area contributed by atoms with Gasteiger partial charge in [-0.15, -0.1) is 0 Å². The van der Waals surface area contributed by atoms with E-state index in [4.69, 9.17) is 0 Å². The van der Waals surface area contributed by atoms with Gasteiger partial charge in [0, 0.05) is 24.0 Å². The summed E-state index contributed by atoms with van der Waals surface area (Å²) in [6, 6.07) is 3.30. The fraction of sp³-hybridized carbons (Fsp3) is 0.167. The van der Waals surface area contributed by atoms with E-state index in [0.29, 0.717) is 17.1 Å². The number of halogens is 4. The zero-order chi connectivity index (χ0) is 20.3. The van der Waals surface area contributed by atoms with Gasteiger partial charge < -0.3 is 10.6 Å². The van der Waals surface area contributed by atoms with E-state index in [0.717, 1.165) is 22.9 Å². The summed E-state index contributed by atoms with van der Waals surface area (Å²) >= 11 is 0. The number of aryl methyl sites for hydroxylation is 1. The maximum absolute atomic E-state index is 13.4. The van der Waals surface area contributed by atoms with Crippen molar-refractivity contribution >= 4 is 17.5 Å². The van der Waals surface area contributed by atoms with Gasteiger partial charge in [-0.2, -0.15) is 10.1 Å². The summed E-state index contributed by atoms with van der Waals surface area (Å²) in [5.74, 6) is -0.892. The van der Waals surface area contributed by atoms with Crippen molar-refractivity contribution < 1.29 is 17.6 Å². The van der Waals surface area contributed by atoms with Crippen LogP contribution in [-0.4, -0.2) is 26.2 Å². The maximum atomic E-state index is 13.4. The third kappa shape index (κ3) is 4.96. The van der Waals surface area contributed by atoms with Crippen LogP contribution in [0.25, 0.3) is 0 Å². The second-order valence-corrected chi connectivity index (χ2v) is 5.95. The second-order valence-electron chi connectivity index (χ2n) is 5.95. The van der Waals surface area contributed by atoms with Gasteiger partial charge in [0.2, 0.25) is 5.95 Å². The van der Waals surface area contributed by atoms with Crippen molar-refractivity contribution in [2.75, 3.05) is 10.6 Å². The standard InChI is InChI=1S/C18H16F4N6/c1-10-6-23-18(26-15-7-24-28(8-15)9-16(21)22)27-17(10)25-11(2)12-3-13(19)5-14(20)4-12/h3-8,16H,2,9H2,1H3,(H2,23,25,26,27). The highest BCUT2D eigenvalue weighted by molar-refractivity contribution is 5.57. The molecule has 0 saturated carbocycles. The molecule has 0 unspecified atom stereocenters. The number of anilines is 3. The number of aromatic nitrogens is 4. The Balaban J connectivity index is 1.74. The lowest BCUT2D eigenvalue weighted by atomic mass is 10.1. The number of benzene rings is 1. The molecule has 10 heteroatoms. The summed E-state index contributed by atoms with van der Waals surface area (Å²) in [6.45, 7) is 5.00. The topological polar surface area (TPSA) is 67.7 Å². The average molecular weight is 392 g/mol. The summed E-state index contributed by atoms with van der Waals surface area (Å²) in [7, 11) is 0. The molecule has 2 heterocycles. The third-order valence-corrected chi connectivity index (χ3v) is 3.67. The molecule has 28 heavy (non-hydrogen) atoms. The molecule has 2 N–H and O–H groups in total. The molecule has 0 spiro atoms. The molecule has 0 aliphatic rings. The number of rotatable bonds is 7. The molecule has 3 aromatic rings. The highest BCUT2D eigenvalue weighted by Gasteiger charge is 2.13. The first-order chi connectivity index (χ1) is 13.3. The van der Waals surface area contributed by atoms with Crippen LogP contribution in [0.5, 0.6) is 0 Å². The quantitative estimate of drug-likeness (QED) is 0.593. The summed E-state index contributed by atoms with van der Waals surface area (Å²) < 4.78 is 52.7. The number of hydrogen-bond acceptors (Lipinski definition) is 5. The van der Waals surface area contributed by atoms with Crippen LogP contribution in [0.15, 0.2) is 36.8 Å². The SMILES string of the molecule is [CH2][C](Nc1nc(Nc2cnn(CC(F)F)c2)ncc1C)c1cc(F)cc(F)c1. The van der Waals surface area contributed by atoms with Gasteiger partial charge in [0.05, 0.1) is 17.9 Å². The van der Waals surface area contributed by atoms with Crippen LogP contribution in [0.4, 0.5) is 35.0 Å². The first kappa shape index (κ1) is 19.6. The second kappa shape index (κ2) is 8.24. The van der Waals surface area contributed by atoms with Crippen LogP contribution in [0, 0.1) is 31.5 Å². The minimum atomic E-state index is -2.52. The Bertz CT molecular complexity index is 939. The Morgan fingerprint density at radius 3 is 2.57 bits per heavy atom. The van der Waals surface area contributed by atoms with Gasteiger partial charge in [-0.25, -0.2) is 22.5 Å². The molecule has 0 saturated heterocycles. The van der Waals surface area contributed by atoms with Gasteiger partial charge in [0.1, 0.15) is 24.0 Å². The van der Waals surface area contributed by atoms with E-state index in [1.165, 1.54) is 18.6 Å². The van der Waals surface area contributed by atoms with Crippen molar-refractivity contribution in [2.45, 2.75) is 19.9 Å². The van der Waals surface area contributed by atoms with Gasteiger partial charge in [-0.1, -0.05) is 0 Å². The van der Waals surface area contributed by atoms with Gasteiger partial charge in [0.25, 0.3) is 6.43 Å². The maximum Gasteiger partial charge on any atom is 0.257 e. The smallest absolute Gasteiger partial charge is 0.257 e. The zero-order valence-corrected chi connectivity index (χ0v) is 14.8. The minimum absolute atomic E-state index is 0.183. The predicted octanol–water partition coefficient (Wildman–Crippen LogP) is 4.09. The summed E-state index contributed by atoms with van der Waals surface area (Å²) in [5, 5.41) is 9.57. The van der Waals surface area contributed by atoms with Crippen molar-refractivity contribution in [1.82, 2.24) is 19.7 Å². The summed E-state index contributed by atoms with van der Waals surface area (Å²) in [4.78, 5) is 8.40. The molecule has 0 fully saturated rings. The molecule has 6 nitrogen and oxygen atoms in total. The molecule has 146 valence electrons. The molecule has 2 aromatic heterocycles. The fourth-order valence-electron chi connectivity index (χ4n) is 2.37. The van der Waals surface area contributed by atoms with Crippen LogP contribution in [0.2, 0.25) is 0 Å². The molecular weight excluding hydrogens is 376 g/mol. The summed E-state index contributed by atoms with van der Waals surface area (Å²) in [5.41, 5.74) is 1.33. The molecular formula is C18H16F4N6. The molecule has 2 radical (unpaired) electrons. The van der Waals surface area contributed by atoms with Gasteiger partial charge in [0.15, 0.2) is 0 Å². The lowest BCUT2D eigenvalue weighted by molar-refractivity contribution is 0.122. The van der Waals surface area contributed by atoms with E-state index in [-0.39, 0.29) is 17.6 Å². The molecule has 3 rings (SSSR count). The normalized spacial score (nSPS) is 11.3. The highest BCUT2D eigenvalue weighted by atomic mass is 19.3. The number of nitrogens with zero attached hydrogens (tertiary/aromatic N) is 4. The number of alkyl halides is 2. The molecule has 0 atom stereocenters. The van der Waals surface area contributed by atoms with Crippen molar-refractivity contribution in [3.8, 4) is 0 Å². The van der Waals surface area contributed by atoms with Crippen LogP contribution >= 0.6 is 0 Å². The molecule has 0 aliphatic heterocycles. The van der Waals surface area contributed by atoms with Crippen molar-refractivity contribution in [1.29, 1.82) is 0 Å². The van der Waals surface area contributed by atoms with Crippen LogP contribution in [-0.2, 0) is 6.54 Å². The van der Waals surface area contributed by atoms with E-state index in [1.54, 1.807) is 6.92 Å². The van der Waals surface area contributed by atoms with E-state index < -0.39 is 24.6 Å². The van der Waals surface area contributed by atoms with E-state index in [1.807, 2.05) is 0 Å². The molecule has 0 amide bonds. The minimum Gasteiger partial charge on any atom is -0.357 e. The van der Waals surface area contributed by atoms with E-state index in [9.17, 15) is 17.6 Å². The predicted molar refractivity (Wildman–Crippen MR) is 96.0 cm³/mol. The Kier molecular flexibility index (Phi) is 5.76. The fourth-order valence-corrected chi connectivity index (χ4v) is 2.37. The Labute approximate surface area is 158 Å². The van der Waals surface area contributed by atoms with Gasteiger partial charge in [-0.05, 0) is 31.5 Å². The summed E-state index contributed by atoms with van der Waals surface area (Å²) in [6.07, 6.45) is 1.78. The average Bonchev–Trinajstić information content (AvgIpc) is 3.03. The Hall–Kier alpha value is -3.17. The van der Waals surface area contributed by atoms with Crippen LogP contribution in [0.3, 0.4) is 0 Å². The number of hydrogen-bond donors (Lipinski definition) is 2. The third-order valence-electron chi connectivity index (χ3n) is 3.67. The largest absolute Gasteiger partial charge is 0.357 e. The van der Waals surface area contributed by atoms with Crippen molar-refractivity contribution in [3.05, 3.63) is 72.5 Å². The van der Waals surface area contributed by atoms with E-state index in [2.05, 4.69) is 32.6 Å². The highest BCUT2D eigenvalue weighted by Crippen LogP contribution is 2.22. The first-order valence-corrected chi connectivity index (χ1v) is 8.14. The Morgan fingerprint density at radius 1 is 1.18 bits per heavy atom. The van der Waals surface area contributed by atoms with Crippen LogP contribution in [0.1, 0.15) is 11.1 Å². The van der Waals surface area contributed by atoms with Gasteiger partial charge >= 0.3 is 0 Å². The lowest BCUT2D eigenvalue weighted by Gasteiger charge is -2.16. The van der Waals surface area contributed by atoms with Crippen molar-refractivity contribution in [3.63, 3.8) is 0 Å². The van der Waals surface area contributed by atoms with E-state index >= 15 is 0 Å². The van der Waals surface area contributed by atoms with Gasteiger partial charge in [-0.3, -0.25) is 4.68 Å². The van der Waals surface area contributed by atoms with Crippen molar-refractivity contribution in [2.24, 2.45) is 0 Å². The monoisotopic (exact) mass is 392 g/mol. The molecule has 0 bridgehead atoms. The molecule has 0 aliphatic carbocycles. The molecule has 1 aromatic carbocycles. The Morgan fingerprint density at radius 2 is 1.89 bits per heavy atom. The lowest BCUT2D eigenvalue weighted by Crippen LogP contribution is -2.12. The number of nitrogens with one attached hydrogen (secondary N) is 2. The first-order valence-electron chi connectivity index (χ1n) is 8.14.